The minimum Gasteiger partial charge on any atom is -0.508 e. The van der Waals surface area contributed by atoms with Crippen molar-refractivity contribution >= 4 is 0 Å². The number of ether oxygens (including phenoxy) is 1. The zero-order valence-electron chi connectivity index (χ0n) is 8.94. The first kappa shape index (κ1) is 10.2. The van der Waals surface area contributed by atoms with E-state index in [4.69, 9.17) is 4.74 Å². The normalized spacial score (nSPS) is 26.6. The number of aromatic hydroxyl groups is 1. The van der Waals surface area contributed by atoms with Gasteiger partial charge >= 0.3 is 0 Å². The third-order valence-corrected chi connectivity index (χ3v) is 2.73. The molecule has 2 heteroatoms. The molecule has 0 amide bonds. The molecule has 0 radical (unpaired) electrons. The molecule has 0 unspecified atom stereocenters. The van der Waals surface area contributed by atoms with Crippen molar-refractivity contribution in [1.82, 2.24) is 0 Å². The summed E-state index contributed by atoms with van der Waals surface area (Å²) in [5.74, 6) is 0.310. The Bertz CT molecular complexity index is 371. The van der Waals surface area contributed by atoms with Crippen LogP contribution in [-0.2, 0) is 4.74 Å². The number of rotatable bonds is 1. The molecule has 1 aromatic carbocycles. The standard InChI is InChI=1S/C13H16O2/c1-9-7-10(2)15-13(8-9)11-5-3-4-6-12(11)14/h3-6,10,13-14H,1,7-8H2,2H3/t10-,13-/m1/s1. The highest BCUT2D eigenvalue weighted by molar-refractivity contribution is 5.34. The van der Waals surface area contributed by atoms with Crippen LogP contribution >= 0.6 is 0 Å². The van der Waals surface area contributed by atoms with Gasteiger partial charge in [-0.15, -0.1) is 0 Å². The molecule has 0 spiro atoms. The molecule has 2 nitrogen and oxygen atoms in total. The van der Waals surface area contributed by atoms with Gasteiger partial charge in [-0.2, -0.15) is 0 Å². The van der Waals surface area contributed by atoms with E-state index in [0.29, 0.717) is 5.75 Å². The lowest BCUT2D eigenvalue weighted by molar-refractivity contribution is -0.0233. The molecule has 1 fully saturated rings. The van der Waals surface area contributed by atoms with Crippen LogP contribution in [0.3, 0.4) is 0 Å². The van der Waals surface area contributed by atoms with Crippen molar-refractivity contribution in [2.75, 3.05) is 0 Å². The fraction of sp³-hybridized carbons (Fsp3) is 0.385. The Morgan fingerprint density at radius 2 is 2.07 bits per heavy atom. The van der Waals surface area contributed by atoms with E-state index in [9.17, 15) is 5.11 Å². The first-order chi connectivity index (χ1) is 7.16. The molecule has 1 aromatic rings. The average molecular weight is 204 g/mol. The summed E-state index contributed by atoms with van der Waals surface area (Å²) in [4.78, 5) is 0. The van der Waals surface area contributed by atoms with Gasteiger partial charge < -0.3 is 9.84 Å². The van der Waals surface area contributed by atoms with Crippen molar-refractivity contribution in [2.45, 2.75) is 32.0 Å². The van der Waals surface area contributed by atoms with E-state index < -0.39 is 0 Å². The lowest BCUT2D eigenvalue weighted by Gasteiger charge is -2.30. The van der Waals surface area contributed by atoms with Gasteiger partial charge in [0, 0.05) is 5.56 Å². The van der Waals surface area contributed by atoms with Gasteiger partial charge in [-0.3, -0.25) is 0 Å². The average Bonchev–Trinajstić information content (AvgIpc) is 2.16. The van der Waals surface area contributed by atoms with E-state index in [1.807, 2.05) is 25.1 Å². The van der Waals surface area contributed by atoms with Crippen molar-refractivity contribution in [3.8, 4) is 5.75 Å². The molecular weight excluding hydrogens is 188 g/mol. The van der Waals surface area contributed by atoms with E-state index in [0.717, 1.165) is 18.4 Å². The fourth-order valence-electron chi connectivity index (χ4n) is 2.07. The molecule has 0 aliphatic carbocycles. The molecule has 1 aliphatic heterocycles. The number of benzene rings is 1. The second-order valence-electron chi connectivity index (χ2n) is 4.15. The number of phenols is 1. The first-order valence-electron chi connectivity index (χ1n) is 5.27. The summed E-state index contributed by atoms with van der Waals surface area (Å²) in [6.07, 6.45) is 1.88. The SMILES string of the molecule is C=C1C[C@@H](C)O[C@@H](c2ccccc2O)C1. The van der Waals surface area contributed by atoms with Crippen LogP contribution in [0.1, 0.15) is 31.4 Å². The zero-order chi connectivity index (χ0) is 10.8. The highest BCUT2D eigenvalue weighted by Gasteiger charge is 2.24. The Kier molecular flexibility index (Phi) is 2.78. The third kappa shape index (κ3) is 2.21. The van der Waals surface area contributed by atoms with Crippen LogP contribution in [0.5, 0.6) is 5.75 Å². The molecule has 1 N–H and O–H groups in total. The number of phenolic OH excluding ortho intramolecular Hbond substituents is 1. The monoisotopic (exact) mass is 204 g/mol. The summed E-state index contributed by atoms with van der Waals surface area (Å²) >= 11 is 0. The van der Waals surface area contributed by atoms with E-state index in [-0.39, 0.29) is 12.2 Å². The van der Waals surface area contributed by atoms with Gasteiger partial charge in [-0.25, -0.2) is 0 Å². The van der Waals surface area contributed by atoms with Crippen LogP contribution in [-0.4, -0.2) is 11.2 Å². The Morgan fingerprint density at radius 1 is 1.33 bits per heavy atom. The molecule has 2 atom stereocenters. The summed E-state index contributed by atoms with van der Waals surface area (Å²) in [6, 6.07) is 7.34. The van der Waals surface area contributed by atoms with Crippen LogP contribution in [0, 0.1) is 0 Å². The Labute approximate surface area is 90.2 Å². The minimum atomic E-state index is -0.0394. The van der Waals surface area contributed by atoms with E-state index in [1.165, 1.54) is 5.57 Å². The van der Waals surface area contributed by atoms with Crippen molar-refractivity contribution in [3.63, 3.8) is 0 Å². The molecule has 0 bridgehead atoms. The molecular formula is C13H16O2. The quantitative estimate of drug-likeness (QED) is 0.712. The van der Waals surface area contributed by atoms with E-state index in [1.54, 1.807) is 6.07 Å². The van der Waals surface area contributed by atoms with Gasteiger partial charge in [0.1, 0.15) is 5.75 Å². The van der Waals surface area contributed by atoms with Gasteiger partial charge in [0.05, 0.1) is 12.2 Å². The Hall–Kier alpha value is -1.28. The number of hydrogen-bond acceptors (Lipinski definition) is 2. The molecule has 2 rings (SSSR count). The summed E-state index contributed by atoms with van der Waals surface area (Å²) in [6.45, 7) is 6.05. The molecule has 1 saturated heterocycles. The molecule has 1 heterocycles. The van der Waals surface area contributed by atoms with Gasteiger partial charge in [0.2, 0.25) is 0 Å². The topological polar surface area (TPSA) is 29.5 Å². The van der Waals surface area contributed by atoms with Gasteiger partial charge in [0.25, 0.3) is 0 Å². The maximum Gasteiger partial charge on any atom is 0.121 e. The fourth-order valence-corrected chi connectivity index (χ4v) is 2.07. The number of hydrogen-bond donors (Lipinski definition) is 1. The van der Waals surface area contributed by atoms with Gasteiger partial charge in [-0.05, 0) is 25.8 Å². The van der Waals surface area contributed by atoms with Crippen LogP contribution < -0.4 is 0 Å². The van der Waals surface area contributed by atoms with Crippen molar-refractivity contribution in [3.05, 3.63) is 42.0 Å². The number of para-hydroxylation sites is 1. The smallest absolute Gasteiger partial charge is 0.121 e. The van der Waals surface area contributed by atoms with Crippen LogP contribution in [0.2, 0.25) is 0 Å². The summed E-state index contributed by atoms with van der Waals surface area (Å²) < 4.78 is 5.80. The molecule has 80 valence electrons. The highest BCUT2D eigenvalue weighted by atomic mass is 16.5. The predicted octanol–water partition coefficient (Wildman–Crippen LogP) is 3.19. The molecule has 15 heavy (non-hydrogen) atoms. The second kappa shape index (κ2) is 4.07. The van der Waals surface area contributed by atoms with Gasteiger partial charge in [-0.1, -0.05) is 30.4 Å². The third-order valence-electron chi connectivity index (χ3n) is 2.73. The highest BCUT2D eigenvalue weighted by Crippen LogP contribution is 2.37. The second-order valence-corrected chi connectivity index (χ2v) is 4.15. The predicted molar refractivity (Wildman–Crippen MR) is 59.8 cm³/mol. The summed E-state index contributed by atoms with van der Waals surface area (Å²) in [7, 11) is 0. The lowest BCUT2D eigenvalue weighted by Crippen LogP contribution is -2.20. The van der Waals surface area contributed by atoms with Crippen molar-refractivity contribution < 1.29 is 9.84 Å². The van der Waals surface area contributed by atoms with Crippen molar-refractivity contribution in [2.24, 2.45) is 0 Å². The molecule has 0 aromatic heterocycles. The Balaban J connectivity index is 2.23. The maximum atomic E-state index is 9.73. The molecule has 1 aliphatic rings. The van der Waals surface area contributed by atoms with Crippen LogP contribution in [0.25, 0.3) is 0 Å². The Morgan fingerprint density at radius 3 is 2.73 bits per heavy atom. The van der Waals surface area contributed by atoms with E-state index >= 15 is 0 Å². The van der Waals surface area contributed by atoms with Crippen LogP contribution in [0.15, 0.2) is 36.4 Å². The van der Waals surface area contributed by atoms with E-state index in [2.05, 4.69) is 6.58 Å². The summed E-state index contributed by atoms with van der Waals surface area (Å²) in [5.41, 5.74) is 2.06. The lowest BCUT2D eigenvalue weighted by atomic mass is 9.95. The van der Waals surface area contributed by atoms with Crippen LogP contribution in [0.4, 0.5) is 0 Å². The summed E-state index contributed by atoms with van der Waals surface area (Å²) in [5, 5.41) is 9.73. The first-order valence-corrected chi connectivity index (χ1v) is 5.27. The zero-order valence-corrected chi connectivity index (χ0v) is 8.94. The maximum absolute atomic E-state index is 9.73. The van der Waals surface area contributed by atoms with Crippen molar-refractivity contribution in [1.29, 1.82) is 0 Å². The van der Waals surface area contributed by atoms with Gasteiger partial charge in [0.15, 0.2) is 0 Å². The largest absolute Gasteiger partial charge is 0.508 e. The molecule has 0 saturated carbocycles. The minimum absolute atomic E-state index is 0.0394.